The summed E-state index contributed by atoms with van der Waals surface area (Å²) in [5, 5.41) is 14.8. The van der Waals surface area contributed by atoms with E-state index < -0.39 is 0 Å². The average molecular weight is 500 g/mol. The van der Waals surface area contributed by atoms with Crippen LogP contribution in [0.1, 0.15) is 72.0 Å². The Balaban J connectivity index is 1.38. The molecule has 1 amide bonds. The summed E-state index contributed by atoms with van der Waals surface area (Å²) < 4.78 is 0. The molecule has 37 heavy (non-hydrogen) atoms. The number of nitrogens with zero attached hydrogens (tertiary/aromatic N) is 4. The molecule has 3 aromatic rings. The number of piperidine rings is 1. The first-order chi connectivity index (χ1) is 17.7. The molecule has 194 valence electrons. The molecule has 3 heterocycles. The van der Waals surface area contributed by atoms with Crippen LogP contribution in [0.2, 0.25) is 0 Å². The lowest BCUT2D eigenvalue weighted by molar-refractivity contribution is 0.0601. The predicted molar refractivity (Wildman–Crippen MR) is 148 cm³/mol. The van der Waals surface area contributed by atoms with Gasteiger partial charge in [0.1, 0.15) is 0 Å². The van der Waals surface area contributed by atoms with Crippen molar-refractivity contribution < 1.29 is 4.79 Å². The first kappa shape index (κ1) is 26.4. The highest BCUT2D eigenvalue weighted by atomic mass is 16.2. The molecule has 0 bridgehead atoms. The highest BCUT2D eigenvalue weighted by molar-refractivity contribution is 5.99. The van der Waals surface area contributed by atoms with Crippen molar-refractivity contribution >= 4 is 23.3 Å². The topological polar surface area (TPSA) is 107 Å². The first-order valence-electron chi connectivity index (χ1n) is 13.0. The van der Waals surface area contributed by atoms with Crippen LogP contribution in [0.3, 0.4) is 0 Å². The van der Waals surface area contributed by atoms with Gasteiger partial charge in [0.2, 0.25) is 5.95 Å². The lowest BCUT2D eigenvalue weighted by Gasteiger charge is -2.38. The van der Waals surface area contributed by atoms with Crippen molar-refractivity contribution in [2.45, 2.75) is 72.5 Å². The molecule has 0 radical (unpaired) electrons. The number of rotatable bonds is 8. The van der Waals surface area contributed by atoms with Crippen molar-refractivity contribution in [3.05, 3.63) is 76.4 Å². The van der Waals surface area contributed by atoms with Crippen molar-refractivity contribution in [2.24, 2.45) is 0 Å². The Hall–Kier alpha value is -3.65. The van der Waals surface area contributed by atoms with E-state index in [4.69, 9.17) is 10.4 Å². The highest BCUT2D eigenvalue weighted by Crippen LogP contribution is 2.22. The van der Waals surface area contributed by atoms with E-state index in [0.717, 1.165) is 36.2 Å². The van der Waals surface area contributed by atoms with Crippen LogP contribution >= 0.6 is 0 Å². The zero-order chi connectivity index (χ0) is 26.5. The minimum absolute atomic E-state index is 0.00187. The summed E-state index contributed by atoms with van der Waals surface area (Å²) in [5.41, 5.74) is 7.00. The molecular formula is C29H37N7O. The van der Waals surface area contributed by atoms with E-state index in [0.29, 0.717) is 42.0 Å². The Morgan fingerprint density at radius 1 is 1.16 bits per heavy atom. The summed E-state index contributed by atoms with van der Waals surface area (Å²) in [5.74, 6) is 0.603. The average Bonchev–Trinajstić information content (AvgIpc) is 2.86. The summed E-state index contributed by atoms with van der Waals surface area (Å²) >= 11 is 0. The van der Waals surface area contributed by atoms with Crippen LogP contribution in [0.15, 0.2) is 42.7 Å². The van der Waals surface area contributed by atoms with E-state index >= 15 is 0 Å². The second kappa shape index (κ2) is 11.6. The summed E-state index contributed by atoms with van der Waals surface area (Å²) in [7, 11) is 0. The van der Waals surface area contributed by atoms with Gasteiger partial charge in [-0.1, -0.05) is 13.0 Å². The molecule has 0 aliphatic carbocycles. The van der Waals surface area contributed by atoms with Gasteiger partial charge >= 0.3 is 0 Å². The normalized spacial score (nSPS) is 17.5. The predicted octanol–water partition coefficient (Wildman–Crippen LogP) is 4.97. The second-order valence-corrected chi connectivity index (χ2v) is 10.0. The Bertz CT molecular complexity index is 1270. The molecule has 0 spiro atoms. The number of aromatic nitrogens is 3. The van der Waals surface area contributed by atoms with E-state index in [1.165, 1.54) is 11.1 Å². The standard InChI is InChI=1S/C29H37N7O/c1-6-22-16-33-29(34-25-12-18(2)11-19(3)13-25)35-27(22)17-32-24-8-10-36(20(4)14-24)28(37)23-7-9-31-26(15-23)21(5)30/h7,9,11-13,15-16,20,24,30,32H,6,8,10,14,17H2,1-5H3,(H,33,34,35)/t20-,24-/m1/s1. The zero-order valence-electron chi connectivity index (χ0n) is 22.4. The van der Waals surface area contributed by atoms with Crippen LogP contribution in [0.25, 0.3) is 0 Å². The molecular weight excluding hydrogens is 462 g/mol. The quantitative estimate of drug-likeness (QED) is 0.378. The fourth-order valence-corrected chi connectivity index (χ4v) is 4.96. The summed E-state index contributed by atoms with van der Waals surface area (Å²) in [4.78, 5) is 28.7. The highest BCUT2D eigenvalue weighted by Gasteiger charge is 2.29. The lowest BCUT2D eigenvalue weighted by Crippen LogP contribution is -2.49. The molecule has 1 aromatic carbocycles. The molecule has 1 fully saturated rings. The fourth-order valence-electron chi connectivity index (χ4n) is 4.96. The number of hydrogen-bond acceptors (Lipinski definition) is 7. The van der Waals surface area contributed by atoms with E-state index in [2.05, 4.69) is 66.5 Å². The maximum absolute atomic E-state index is 13.2. The lowest BCUT2D eigenvalue weighted by atomic mass is 9.97. The number of nitrogens with one attached hydrogen (secondary N) is 3. The third-order valence-corrected chi connectivity index (χ3v) is 6.90. The Kier molecular flexibility index (Phi) is 8.28. The Morgan fingerprint density at radius 2 is 1.92 bits per heavy atom. The zero-order valence-corrected chi connectivity index (χ0v) is 22.4. The number of amides is 1. The van der Waals surface area contributed by atoms with E-state index in [1.54, 1.807) is 25.3 Å². The first-order valence-corrected chi connectivity index (χ1v) is 13.0. The number of pyridine rings is 1. The molecule has 1 aliphatic heterocycles. The third kappa shape index (κ3) is 6.57. The molecule has 0 unspecified atom stereocenters. The van der Waals surface area contributed by atoms with E-state index in [9.17, 15) is 4.79 Å². The SMILES string of the molecule is CCc1cnc(Nc2cc(C)cc(C)c2)nc1CN[C@@H]1CCN(C(=O)c2ccnc(C(C)=N)c2)[C@H](C)C1. The van der Waals surface area contributed by atoms with Gasteiger partial charge in [-0.3, -0.25) is 9.78 Å². The number of benzene rings is 1. The van der Waals surface area contributed by atoms with Crippen molar-refractivity contribution in [3.8, 4) is 0 Å². The largest absolute Gasteiger partial charge is 0.336 e. The molecule has 4 rings (SSSR count). The van der Waals surface area contributed by atoms with Crippen LogP contribution in [-0.4, -0.2) is 50.1 Å². The van der Waals surface area contributed by atoms with Gasteiger partial charge in [-0.25, -0.2) is 9.97 Å². The van der Waals surface area contributed by atoms with Gasteiger partial charge in [-0.05, 0) is 87.9 Å². The Labute approximate surface area is 219 Å². The summed E-state index contributed by atoms with van der Waals surface area (Å²) in [6.07, 6.45) is 6.13. The maximum Gasteiger partial charge on any atom is 0.254 e. The van der Waals surface area contributed by atoms with Gasteiger partial charge in [0, 0.05) is 48.8 Å². The van der Waals surface area contributed by atoms with Gasteiger partial charge in [0.05, 0.1) is 17.1 Å². The van der Waals surface area contributed by atoms with Crippen LogP contribution < -0.4 is 10.6 Å². The molecule has 1 saturated heterocycles. The van der Waals surface area contributed by atoms with E-state index in [1.807, 2.05) is 11.1 Å². The van der Waals surface area contributed by atoms with Crippen molar-refractivity contribution in [3.63, 3.8) is 0 Å². The molecule has 8 heteroatoms. The van der Waals surface area contributed by atoms with Crippen LogP contribution in [-0.2, 0) is 13.0 Å². The number of carbonyl (C=O) groups is 1. The molecule has 8 nitrogen and oxygen atoms in total. The van der Waals surface area contributed by atoms with Gasteiger partial charge in [-0.2, -0.15) is 0 Å². The van der Waals surface area contributed by atoms with Gasteiger partial charge in [0.25, 0.3) is 5.91 Å². The monoisotopic (exact) mass is 499 g/mol. The van der Waals surface area contributed by atoms with Gasteiger partial charge in [-0.15, -0.1) is 0 Å². The van der Waals surface area contributed by atoms with Crippen LogP contribution in [0.4, 0.5) is 11.6 Å². The number of likely N-dealkylation sites (tertiary alicyclic amines) is 1. The molecule has 1 aliphatic rings. The maximum atomic E-state index is 13.2. The minimum atomic E-state index is 0.00187. The van der Waals surface area contributed by atoms with Crippen molar-refractivity contribution in [1.29, 1.82) is 5.41 Å². The van der Waals surface area contributed by atoms with E-state index in [-0.39, 0.29) is 11.9 Å². The van der Waals surface area contributed by atoms with Crippen molar-refractivity contribution in [2.75, 3.05) is 11.9 Å². The summed E-state index contributed by atoms with van der Waals surface area (Å²) in [6.45, 7) is 11.4. The molecule has 0 saturated carbocycles. The fraction of sp³-hybridized carbons (Fsp3) is 0.414. The Morgan fingerprint density at radius 3 is 2.59 bits per heavy atom. The minimum Gasteiger partial charge on any atom is -0.336 e. The molecule has 2 atom stereocenters. The molecule has 2 aromatic heterocycles. The van der Waals surface area contributed by atoms with Crippen molar-refractivity contribution in [1.82, 2.24) is 25.2 Å². The third-order valence-electron chi connectivity index (χ3n) is 6.90. The number of hydrogen-bond donors (Lipinski definition) is 3. The van der Waals surface area contributed by atoms with Crippen LogP contribution in [0.5, 0.6) is 0 Å². The van der Waals surface area contributed by atoms with Gasteiger partial charge < -0.3 is 20.9 Å². The number of carbonyl (C=O) groups excluding carboxylic acids is 1. The summed E-state index contributed by atoms with van der Waals surface area (Å²) in [6, 6.07) is 10.2. The smallest absolute Gasteiger partial charge is 0.254 e. The second-order valence-electron chi connectivity index (χ2n) is 10.0. The number of aryl methyl sites for hydroxylation is 3. The molecule has 3 N–H and O–H groups in total. The van der Waals surface area contributed by atoms with Crippen LogP contribution in [0, 0.1) is 19.3 Å². The number of anilines is 2. The van der Waals surface area contributed by atoms with Gasteiger partial charge in [0.15, 0.2) is 0 Å².